The van der Waals surface area contributed by atoms with Gasteiger partial charge in [0.25, 0.3) is 11.8 Å². The van der Waals surface area contributed by atoms with Crippen molar-refractivity contribution in [1.82, 2.24) is 10.3 Å². The van der Waals surface area contributed by atoms with Crippen LogP contribution in [0.15, 0.2) is 62.1 Å². The highest BCUT2D eigenvalue weighted by molar-refractivity contribution is 9.10. The number of halogens is 2. The average Bonchev–Trinajstić information content (AvgIpc) is 3.13. The zero-order valence-electron chi connectivity index (χ0n) is 14.7. The Hall–Kier alpha value is -2.92. The molecule has 2 aromatic carbocycles. The minimum absolute atomic E-state index is 0.0417. The molecule has 2 N–H and O–H groups in total. The molecule has 1 heterocycles. The molecule has 0 bridgehead atoms. The Labute approximate surface area is 182 Å². The number of amides is 2. The summed E-state index contributed by atoms with van der Waals surface area (Å²) in [5.41, 5.74) is 0. The van der Waals surface area contributed by atoms with Gasteiger partial charge in [0, 0.05) is 0 Å². The van der Waals surface area contributed by atoms with E-state index in [2.05, 4.69) is 57.4 Å². The number of rotatable bonds is 8. The molecule has 0 spiro atoms. The highest BCUT2D eigenvalue weighted by Crippen LogP contribution is 2.25. The standard InChI is InChI=1S/C18H14Br2N4O5/c19-11-5-1-3-7-13(11)27-9-15(25)21-17-18(24-29-23-17)22-16(26)10-28-14-8-4-2-6-12(14)20/h1-8H,9-10H2,(H,21,23,25)(H,22,24,26). The van der Waals surface area contributed by atoms with Gasteiger partial charge in [-0.2, -0.15) is 0 Å². The largest absolute Gasteiger partial charge is 0.483 e. The molecule has 0 unspecified atom stereocenters. The average molecular weight is 526 g/mol. The molecule has 0 aliphatic rings. The molecule has 0 atom stereocenters. The number of nitrogens with one attached hydrogen (secondary N) is 2. The number of carbonyl (C=O) groups excluding carboxylic acids is 2. The van der Waals surface area contributed by atoms with Gasteiger partial charge in [-0.25, -0.2) is 4.63 Å². The summed E-state index contributed by atoms with van der Waals surface area (Å²) in [4.78, 5) is 24.2. The van der Waals surface area contributed by atoms with Crippen LogP contribution >= 0.6 is 31.9 Å². The molecule has 11 heteroatoms. The van der Waals surface area contributed by atoms with Crippen LogP contribution in [0.5, 0.6) is 11.5 Å². The molecule has 3 rings (SSSR count). The zero-order chi connectivity index (χ0) is 20.6. The van der Waals surface area contributed by atoms with Crippen molar-refractivity contribution in [1.29, 1.82) is 0 Å². The van der Waals surface area contributed by atoms with E-state index in [1.165, 1.54) is 0 Å². The number of ether oxygens (including phenoxy) is 2. The van der Waals surface area contributed by atoms with Gasteiger partial charge in [0.15, 0.2) is 13.2 Å². The Bertz CT molecular complexity index is 933. The molecule has 0 radical (unpaired) electrons. The third-order valence-corrected chi connectivity index (χ3v) is 4.71. The fraction of sp³-hybridized carbons (Fsp3) is 0.111. The summed E-state index contributed by atoms with van der Waals surface area (Å²) in [5.74, 6) is -0.0647. The number of hydrogen-bond donors (Lipinski definition) is 2. The quantitative estimate of drug-likeness (QED) is 0.461. The first-order valence-electron chi connectivity index (χ1n) is 8.20. The lowest BCUT2D eigenvalue weighted by Crippen LogP contribution is -2.24. The second-order valence-electron chi connectivity index (χ2n) is 5.50. The van der Waals surface area contributed by atoms with Gasteiger partial charge in [0.2, 0.25) is 11.6 Å². The normalized spacial score (nSPS) is 10.3. The van der Waals surface area contributed by atoms with Gasteiger partial charge < -0.3 is 20.1 Å². The van der Waals surface area contributed by atoms with E-state index in [1.807, 2.05) is 12.1 Å². The molecular weight excluding hydrogens is 512 g/mol. The van der Waals surface area contributed by atoms with Crippen LogP contribution < -0.4 is 20.1 Å². The van der Waals surface area contributed by atoms with Crippen LogP contribution in [0.2, 0.25) is 0 Å². The Morgan fingerprint density at radius 2 is 1.21 bits per heavy atom. The zero-order valence-corrected chi connectivity index (χ0v) is 17.9. The number of anilines is 2. The predicted octanol–water partition coefficient (Wildman–Crippen LogP) is 3.63. The van der Waals surface area contributed by atoms with Crippen LogP contribution in [0.25, 0.3) is 0 Å². The summed E-state index contributed by atoms with van der Waals surface area (Å²) in [6.07, 6.45) is 0. The first-order chi connectivity index (χ1) is 14.0. The van der Waals surface area contributed by atoms with Crippen molar-refractivity contribution in [3.05, 3.63) is 57.5 Å². The van der Waals surface area contributed by atoms with Crippen LogP contribution in [0.3, 0.4) is 0 Å². The van der Waals surface area contributed by atoms with Crippen LogP contribution in [-0.4, -0.2) is 35.3 Å². The third kappa shape index (κ3) is 6.03. The number of aromatic nitrogens is 2. The van der Waals surface area contributed by atoms with Crippen molar-refractivity contribution in [3.8, 4) is 11.5 Å². The van der Waals surface area contributed by atoms with Crippen LogP contribution in [0.1, 0.15) is 0 Å². The molecular formula is C18H14Br2N4O5. The summed E-state index contributed by atoms with van der Waals surface area (Å²) in [5, 5.41) is 12.1. The van der Waals surface area contributed by atoms with E-state index in [-0.39, 0.29) is 24.8 Å². The molecule has 0 saturated carbocycles. The SMILES string of the molecule is O=C(COc1ccccc1Br)Nc1nonc1NC(=O)COc1ccccc1Br. The number of hydrogen-bond acceptors (Lipinski definition) is 7. The van der Waals surface area contributed by atoms with Gasteiger partial charge in [-0.1, -0.05) is 24.3 Å². The number of carbonyl (C=O) groups is 2. The van der Waals surface area contributed by atoms with Crippen LogP contribution in [-0.2, 0) is 9.59 Å². The maximum absolute atomic E-state index is 12.1. The van der Waals surface area contributed by atoms with E-state index in [1.54, 1.807) is 36.4 Å². The van der Waals surface area contributed by atoms with Crippen molar-refractivity contribution in [3.63, 3.8) is 0 Å². The first kappa shape index (κ1) is 20.8. The van der Waals surface area contributed by atoms with Crippen LogP contribution in [0, 0.1) is 0 Å². The van der Waals surface area contributed by atoms with Gasteiger partial charge >= 0.3 is 0 Å². The van der Waals surface area contributed by atoms with Crippen molar-refractivity contribution in [2.24, 2.45) is 0 Å². The maximum atomic E-state index is 12.1. The Balaban J connectivity index is 1.51. The monoisotopic (exact) mass is 524 g/mol. The van der Waals surface area contributed by atoms with Crippen molar-refractivity contribution < 1.29 is 23.7 Å². The van der Waals surface area contributed by atoms with Gasteiger partial charge in [-0.05, 0) is 66.4 Å². The van der Waals surface area contributed by atoms with E-state index in [9.17, 15) is 9.59 Å². The van der Waals surface area contributed by atoms with Gasteiger partial charge in [0.05, 0.1) is 8.95 Å². The van der Waals surface area contributed by atoms with Crippen molar-refractivity contribution in [2.75, 3.05) is 23.8 Å². The lowest BCUT2D eigenvalue weighted by molar-refractivity contribution is -0.119. The topological polar surface area (TPSA) is 116 Å². The molecule has 29 heavy (non-hydrogen) atoms. The Kier molecular flexibility index (Phi) is 7.19. The predicted molar refractivity (Wildman–Crippen MR) is 111 cm³/mol. The molecule has 0 aliphatic heterocycles. The number of para-hydroxylation sites is 2. The Morgan fingerprint density at radius 1 is 0.793 bits per heavy atom. The highest BCUT2D eigenvalue weighted by Gasteiger charge is 2.17. The number of benzene rings is 2. The molecule has 1 aromatic heterocycles. The summed E-state index contributed by atoms with van der Waals surface area (Å²) in [6, 6.07) is 14.2. The molecule has 9 nitrogen and oxygen atoms in total. The Morgan fingerprint density at radius 3 is 1.62 bits per heavy atom. The minimum Gasteiger partial charge on any atom is -0.483 e. The van der Waals surface area contributed by atoms with E-state index in [0.29, 0.717) is 20.4 Å². The summed E-state index contributed by atoms with van der Waals surface area (Å²) < 4.78 is 16.9. The maximum Gasteiger partial charge on any atom is 0.263 e. The summed E-state index contributed by atoms with van der Waals surface area (Å²) in [7, 11) is 0. The van der Waals surface area contributed by atoms with Gasteiger partial charge in [-0.15, -0.1) is 0 Å². The second-order valence-corrected chi connectivity index (χ2v) is 7.20. The van der Waals surface area contributed by atoms with Gasteiger partial charge in [0.1, 0.15) is 11.5 Å². The molecule has 2 amide bonds. The highest BCUT2D eigenvalue weighted by atomic mass is 79.9. The smallest absolute Gasteiger partial charge is 0.263 e. The minimum atomic E-state index is -0.503. The molecule has 150 valence electrons. The third-order valence-electron chi connectivity index (χ3n) is 3.40. The van der Waals surface area contributed by atoms with E-state index in [4.69, 9.17) is 9.47 Å². The van der Waals surface area contributed by atoms with E-state index < -0.39 is 11.8 Å². The van der Waals surface area contributed by atoms with Crippen LogP contribution in [0.4, 0.5) is 11.6 Å². The second kappa shape index (κ2) is 10.0. The molecule has 3 aromatic rings. The van der Waals surface area contributed by atoms with E-state index in [0.717, 1.165) is 0 Å². The van der Waals surface area contributed by atoms with Crippen molar-refractivity contribution in [2.45, 2.75) is 0 Å². The molecule has 0 saturated heterocycles. The lowest BCUT2D eigenvalue weighted by Gasteiger charge is -2.09. The number of nitrogens with zero attached hydrogens (tertiary/aromatic N) is 2. The first-order valence-corrected chi connectivity index (χ1v) is 9.78. The molecule has 0 fully saturated rings. The lowest BCUT2D eigenvalue weighted by atomic mass is 10.3. The fourth-order valence-corrected chi connectivity index (χ4v) is 2.90. The van der Waals surface area contributed by atoms with Gasteiger partial charge in [-0.3, -0.25) is 9.59 Å². The fourth-order valence-electron chi connectivity index (χ4n) is 2.10. The summed E-state index contributed by atoms with van der Waals surface area (Å²) >= 11 is 6.65. The van der Waals surface area contributed by atoms with E-state index >= 15 is 0 Å². The van der Waals surface area contributed by atoms with Crippen molar-refractivity contribution >= 4 is 55.3 Å². The molecule has 0 aliphatic carbocycles. The summed E-state index contributed by atoms with van der Waals surface area (Å²) in [6.45, 7) is -0.540.